The summed E-state index contributed by atoms with van der Waals surface area (Å²) in [5, 5.41) is 9.47. The van der Waals surface area contributed by atoms with Crippen molar-refractivity contribution >= 4 is 30.6 Å². The number of Topliss-reactive ketones (excluding diaryl/α,β-unsaturated/α-hetero) is 1. The molecule has 7 heteroatoms. The van der Waals surface area contributed by atoms with Crippen LogP contribution in [0.4, 0.5) is 4.39 Å². The second-order valence-electron chi connectivity index (χ2n) is 10.7. The van der Waals surface area contributed by atoms with E-state index in [4.69, 9.17) is 0 Å². The van der Waals surface area contributed by atoms with Gasteiger partial charge in [-0.2, -0.15) is 0 Å². The molecule has 0 aromatic heterocycles. The van der Waals surface area contributed by atoms with Crippen LogP contribution in [0.15, 0.2) is 66.7 Å². The lowest BCUT2D eigenvalue weighted by atomic mass is 9.89. The van der Waals surface area contributed by atoms with Crippen LogP contribution in [0, 0.1) is 11.7 Å². The van der Waals surface area contributed by atoms with Crippen LogP contribution < -0.4 is 0 Å². The molecule has 5 rings (SSSR count). The average molecular weight is 574 g/mol. The molecule has 0 radical (unpaired) electrons. The Morgan fingerprint density at radius 2 is 1.33 bits per heavy atom. The molecule has 1 fully saturated rings. The fourth-order valence-electron chi connectivity index (χ4n) is 5.72. The Hall–Kier alpha value is -2.44. The zero-order valence-electron chi connectivity index (χ0n) is 22.4. The first-order valence-corrected chi connectivity index (χ1v) is 13.6. The Morgan fingerprint density at radius 3 is 1.97 bits per heavy atom. The van der Waals surface area contributed by atoms with E-state index >= 15 is 0 Å². The summed E-state index contributed by atoms with van der Waals surface area (Å²) in [6, 6.07) is 20.6. The normalized spacial score (nSPS) is 16.4. The Kier molecular flexibility index (Phi) is 11.8. The zero-order valence-corrected chi connectivity index (χ0v) is 24.0. The molecule has 1 saturated heterocycles. The SMILES string of the molecule is Cl.Cl.O=C(CCC1CCN(Cc2ccc(O)cc2)CC1)c1ccc2c(c1)CCN(Cc1ccc(F)cc1)CC2. The van der Waals surface area contributed by atoms with Crippen LogP contribution in [-0.2, 0) is 25.9 Å². The van der Waals surface area contributed by atoms with Crippen molar-refractivity contribution in [3.63, 3.8) is 0 Å². The first-order valence-electron chi connectivity index (χ1n) is 13.6. The number of halogens is 3. The van der Waals surface area contributed by atoms with E-state index in [1.54, 1.807) is 12.1 Å². The molecule has 2 heterocycles. The Morgan fingerprint density at radius 1 is 0.769 bits per heavy atom. The monoisotopic (exact) mass is 572 g/mol. The summed E-state index contributed by atoms with van der Waals surface area (Å²) >= 11 is 0. The summed E-state index contributed by atoms with van der Waals surface area (Å²) in [6.07, 6.45) is 5.79. The molecule has 0 bridgehead atoms. The molecule has 0 unspecified atom stereocenters. The highest BCUT2D eigenvalue weighted by atomic mass is 35.5. The summed E-state index contributed by atoms with van der Waals surface area (Å²) < 4.78 is 13.2. The van der Waals surface area contributed by atoms with Crippen LogP contribution in [0.2, 0.25) is 0 Å². The molecule has 0 aliphatic carbocycles. The maximum Gasteiger partial charge on any atom is 0.162 e. The van der Waals surface area contributed by atoms with E-state index in [0.717, 1.165) is 82.5 Å². The number of nitrogens with zero attached hydrogens (tertiary/aromatic N) is 2. The number of likely N-dealkylation sites (tertiary alicyclic amines) is 1. The fourth-order valence-corrected chi connectivity index (χ4v) is 5.72. The number of aromatic hydroxyl groups is 1. The minimum atomic E-state index is -0.194. The summed E-state index contributed by atoms with van der Waals surface area (Å²) in [4.78, 5) is 17.9. The molecule has 3 aromatic carbocycles. The van der Waals surface area contributed by atoms with Gasteiger partial charge in [0, 0.05) is 38.2 Å². The van der Waals surface area contributed by atoms with Gasteiger partial charge in [0.1, 0.15) is 11.6 Å². The van der Waals surface area contributed by atoms with Gasteiger partial charge in [-0.3, -0.25) is 14.6 Å². The molecule has 0 amide bonds. The molecule has 0 saturated carbocycles. The van der Waals surface area contributed by atoms with E-state index in [9.17, 15) is 14.3 Å². The van der Waals surface area contributed by atoms with Crippen molar-refractivity contribution in [2.24, 2.45) is 5.92 Å². The van der Waals surface area contributed by atoms with Crippen LogP contribution in [0.3, 0.4) is 0 Å². The van der Waals surface area contributed by atoms with Crippen molar-refractivity contribution in [2.75, 3.05) is 26.2 Å². The van der Waals surface area contributed by atoms with Gasteiger partial charge in [0.05, 0.1) is 0 Å². The Bertz CT molecular complexity index is 1200. The highest BCUT2D eigenvalue weighted by Crippen LogP contribution is 2.26. The first kappa shape index (κ1) is 31.1. The third-order valence-corrected chi connectivity index (χ3v) is 8.07. The predicted octanol–water partition coefficient (Wildman–Crippen LogP) is 6.85. The number of ketones is 1. The number of benzene rings is 3. The number of rotatable bonds is 8. The second-order valence-corrected chi connectivity index (χ2v) is 10.7. The van der Waals surface area contributed by atoms with E-state index in [-0.39, 0.29) is 36.4 Å². The Labute approximate surface area is 244 Å². The standard InChI is InChI=1S/C32H37FN2O2.2ClH/c33-30-8-1-25(2-9-30)22-35-19-15-27-6-7-29(21-28(27)16-20-35)32(37)12-5-24-13-17-34(18-14-24)23-26-3-10-31(36)11-4-26;;/h1-4,6-11,21,24,36H,5,12-20,22-23H2;2*1H. The number of phenolic OH excluding ortho intramolecular Hbond substituents is 1. The van der Waals surface area contributed by atoms with Crippen molar-refractivity contribution in [1.29, 1.82) is 0 Å². The minimum Gasteiger partial charge on any atom is -0.508 e. The van der Waals surface area contributed by atoms with Crippen LogP contribution in [0.5, 0.6) is 5.75 Å². The predicted molar refractivity (Wildman–Crippen MR) is 160 cm³/mol. The molecule has 1 N–H and O–H groups in total. The number of hydrogen-bond donors (Lipinski definition) is 1. The summed E-state index contributed by atoms with van der Waals surface area (Å²) in [6.45, 7) is 5.80. The number of phenols is 1. The van der Waals surface area contributed by atoms with Gasteiger partial charge in [0.2, 0.25) is 0 Å². The van der Waals surface area contributed by atoms with Crippen LogP contribution in [0.25, 0.3) is 0 Å². The van der Waals surface area contributed by atoms with E-state index in [2.05, 4.69) is 21.9 Å². The molecular formula is C32H39Cl2FN2O2. The van der Waals surface area contributed by atoms with E-state index < -0.39 is 0 Å². The molecule has 210 valence electrons. The third-order valence-electron chi connectivity index (χ3n) is 8.07. The largest absolute Gasteiger partial charge is 0.508 e. The van der Waals surface area contributed by atoms with Crippen molar-refractivity contribution in [3.05, 3.63) is 100 Å². The van der Waals surface area contributed by atoms with Gasteiger partial charge in [-0.1, -0.05) is 36.4 Å². The van der Waals surface area contributed by atoms with Gasteiger partial charge in [-0.05, 0) is 104 Å². The average Bonchev–Trinajstić information content (AvgIpc) is 3.12. The zero-order chi connectivity index (χ0) is 25.6. The lowest BCUT2D eigenvalue weighted by Crippen LogP contribution is -2.33. The van der Waals surface area contributed by atoms with Crippen LogP contribution >= 0.6 is 24.8 Å². The summed E-state index contributed by atoms with van der Waals surface area (Å²) in [5.41, 5.74) is 5.87. The molecular weight excluding hydrogens is 534 g/mol. The van der Waals surface area contributed by atoms with Crippen molar-refractivity contribution < 1.29 is 14.3 Å². The number of hydrogen-bond acceptors (Lipinski definition) is 4. The lowest BCUT2D eigenvalue weighted by molar-refractivity contribution is 0.0961. The molecule has 39 heavy (non-hydrogen) atoms. The highest BCUT2D eigenvalue weighted by molar-refractivity contribution is 5.96. The van der Waals surface area contributed by atoms with Crippen LogP contribution in [0.1, 0.15) is 58.3 Å². The number of piperidine rings is 1. The molecule has 2 aliphatic heterocycles. The Balaban J connectivity index is 0.00000210. The number of carbonyl (C=O) groups is 1. The van der Waals surface area contributed by atoms with Gasteiger partial charge in [-0.25, -0.2) is 4.39 Å². The molecule has 0 atom stereocenters. The van der Waals surface area contributed by atoms with Crippen LogP contribution in [-0.4, -0.2) is 46.9 Å². The van der Waals surface area contributed by atoms with E-state index in [0.29, 0.717) is 18.1 Å². The molecule has 3 aromatic rings. The lowest BCUT2D eigenvalue weighted by Gasteiger charge is -2.32. The van der Waals surface area contributed by atoms with Gasteiger partial charge in [0.25, 0.3) is 0 Å². The summed E-state index contributed by atoms with van der Waals surface area (Å²) in [7, 11) is 0. The smallest absolute Gasteiger partial charge is 0.162 e. The molecule has 0 spiro atoms. The quantitative estimate of drug-likeness (QED) is 0.300. The van der Waals surface area contributed by atoms with Crippen molar-refractivity contribution in [3.8, 4) is 5.75 Å². The van der Waals surface area contributed by atoms with E-state index in [1.807, 2.05) is 30.3 Å². The number of carbonyl (C=O) groups excluding carboxylic acids is 1. The van der Waals surface area contributed by atoms with Crippen molar-refractivity contribution in [2.45, 2.75) is 51.6 Å². The maximum absolute atomic E-state index is 13.2. The van der Waals surface area contributed by atoms with Gasteiger partial charge < -0.3 is 5.11 Å². The van der Waals surface area contributed by atoms with E-state index in [1.165, 1.54) is 28.8 Å². The highest BCUT2D eigenvalue weighted by Gasteiger charge is 2.21. The first-order chi connectivity index (χ1) is 18.0. The molecule has 4 nitrogen and oxygen atoms in total. The second kappa shape index (κ2) is 14.8. The molecule has 2 aliphatic rings. The minimum absolute atomic E-state index is 0. The topological polar surface area (TPSA) is 43.8 Å². The fraction of sp³-hybridized carbons (Fsp3) is 0.406. The van der Waals surface area contributed by atoms with Gasteiger partial charge in [-0.15, -0.1) is 24.8 Å². The van der Waals surface area contributed by atoms with Gasteiger partial charge >= 0.3 is 0 Å². The number of fused-ring (bicyclic) bond motifs is 1. The third kappa shape index (κ3) is 8.77. The maximum atomic E-state index is 13.2. The van der Waals surface area contributed by atoms with Gasteiger partial charge in [0.15, 0.2) is 5.78 Å². The summed E-state index contributed by atoms with van der Waals surface area (Å²) in [5.74, 6) is 0.994. The van der Waals surface area contributed by atoms with Crippen molar-refractivity contribution in [1.82, 2.24) is 9.80 Å².